The Labute approximate surface area is 359 Å². The molecule has 0 aromatic heterocycles. The van der Waals surface area contributed by atoms with Gasteiger partial charge in [0, 0.05) is 0 Å². The number of aryl methyl sites for hydroxylation is 1. The minimum absolute atomic E-state index is 0.676. The first-order valence-electron chi connectivity index (χ1n) is 24.8. The lowest BCUT2D eigenvalue weighted by molar-refractivity contribution is 0.373. The highest BCUT2D eigenvalue weighted by atomic mass is 31.2. The molecule has 3 aromatic rings. The van der Waals surface area contributed by atoms with Crippen LogP contribution in [-0.2, 0) is 25.7 Å². The van der Waals surface area contributed by atoms with Crippen LogP contribution in [0.2, 0.25) is 0 Å². The highest BCUT2D eigenvalue weighted by Crippen LogP contribution is 2.47. The third kappa shape index (κ3) is 19.5. The van der Waals surface area contributed by atoms with Gasteiger partial charge in [-0.3, -0.25) is 0 Å². The molecule has 58 heavy (non-hydrogen) atoms. The van der Waals surface area contributed by atoms with E-state index in [0.717, 1.165) is 38.5 Å². The van der Waals surface area contributed by atoms with Gasteiger partial charge in [0.2, 0.25) is 0 Å². The fraction of sp³-hybridized carbons (Fsp3) is 0.667. The smallest absolute Gasteiger partial charge is 0.391 e. The molecular formula is C54H87O3P. The van der Waals surface area contributed by atoms with Gasteiger partial charge in [-0.25, -0.2) is 0 Å². The molecule has 3 rings (SSSR count). The summed E-state index contributed by atoms with van der Waals surface area (Å²) in [7, 11) is -2.55. The van der Waals surface area contributed by atoms with Crippen LogP contribution in [0.4, 0.5) is 0 Å². The van der Waals surface area contributed by atoms with Crippen molar-refractivity contribution in [3.8, 4) is 28.0 Å². The van der Waals surface area contributed by atoms with Crippen LogP contribution in [0.1, 0.15) is 230 Å². The highest BCUT2D eigenvalue weighted by molar-refractivity contribution is 7.39. The van der Waals surface area contributed by atoms with Crippen LogP contribution in [0.3, 0.4) is 0 Å². The van der Waals surface area contributed by atoms with E-state index in [4.69, 9.17) is 4.52 Å². The van der Waals surface area contributed by atoms with Crippen LogP contribution in [0, 0.1) is 0 Å². The van der Waals surface area contributed by atoms with E-state index < -0.39 is 8.60 Å². The third-order valence-electron chi connectivity index (χ3n) is 12.5. The van der Waals surface area contributed by atoms with Gasteiger partial charge in [0.05, 0.1) is 0 Å². The van der Waals surface area contributed by atoms with E-state index in [0.29, 0.717) is 5.75 Å². The quantitative estimate of drug-likeness (QED) is 0.0454. The van der Waals surface area contributed by atoms with Crippen molar-refractivity contribution in [2.45, 2.75) is 233 Å². The van der Waals surface area contributed by atoms with Gasteiger partial charge in [0.1, 0.15) is 5.75 Å². The lowest BCUT2D eigenvalue weighted by atomic mass is 9.80. The molecule has 0 radical (unpaired) electrons. The lowest BCUT2D eigenvalue weighted by Crippen LogP contribution is -2.07. The second-order valence-electron chi connectivity index (χ2n) is 17.4. The summed E-state index contributed by atoms with van der Waals surface area (Å²) in [6, 6.07) is 20.2. The number of hydrogen-bond donors (Lipinski definition) is 2. The van der Waals surface area contributed by atoms with Crippen molar-refractivity contribution in [1.29, 1.82) is 0 Å². The maximum Gasteiger partial charge on any atom is 0.391 e. The first-order valence-corrected chi connectivity index (χ1v) is 25.9. The van der Waals surface area contributed by atoms with E-state index in [1.807, 2.05) is 0 Å². The summed E-state index contributed by atoms with van der Waals surface area (Å²) in [4.78, 5) is 20.8. The fourth-order valence-corrected chi connectivity index (χ4v) is 9.41. The molecular weight excluding hydrogens is 728 g/mol. The molecule has 0 spiro atoms. The van der Waals surface area contributed by atoms with E-state index in [-0.39, 0.29) is 0 Å². The molecule has 0 heterocycles. The molecule has 3 nitrogen and oxygen atoms in total. The van der Waals surface area contributed by atoms with Crippen LogP contribution < -0.4 is 4.52 Å². The van der Waals surface area contributed by atoms with Crippen LogP contribution in [0.25, 0.3) is 22.3 Å². The molecule has 0 aliphatic carbocycles. The van der Waals surface area contributed by atoms with Crippen molar-refractivity contribution >= 4 is 8.60 Å². The van der Waals surface area contributed by atoms with Crippen LogP contribution in [0.5, 0.6) is 5.75 Å². The Morgan fingerprint density at radius 2 is 0.810 bits per heavy atom. The number of unbranched alkanes of at least 4 members (excludes halogenated alkanes) is 24. The van der Waals surface area contributed by atoms with Crippen molar-refractivity contribution in [3.63, 3.8) is 0 Å². The largest absolute Gasteiger partial charge is 0.427 e. The predicted molar refractivity (Wildman–Crippen MR) is 256 cm³/mol. The van der Waals surface area contributed by atoms with E-state index in [9.17, 15) is 9.79 Å². The molecule has 3 aromatic carbocycles. The van der Waals surface area contributed by atoms with Gasteiger partial charge in [0.15, 0.2) is 0 Å². The van der Waals surface area contributed by atoms with Gasteiger partial charge in [0.25, 0.3) is 0 Å². The Morgan fingerprint density at radius 1 is 0.397 bits per heavy atom. The molecule has 2 N–H and O–H groups in total. The van der Waals surface area contributed by atoms with Gasteiger partial charge < -0.3 is 14.3 Å². The molecule has 0 saturated carbocycles. The van der Waals surface area contributed by atoms with E-state index in [2.05, 4.69) is 82.3 Å². The van der Waals surface area contributed by atoms with Crippen molar-refractivity contribution < 1.29 is 14.3 Å². The Bertz CT molecular complexity index is 1450. The first kappa shape index (κ1) is 50.2. The Balaban J connectivity index is 2.16. The van der Waals surface area contributed by atoms with E-state index >= 15 is 0 Å². The summed E-state index contributed by atoms with van der Waals surface area (Å²) in [6.07, 6.45) is 40.3. The van der Waals surface area contributed by atoms with Crippen LogP contribution in [0.15, 0.2) is 54.6 Å². The molecule has 4 heteroatoms. The van der Waals surface area contributed by atoms with Gasteiger partial charge in [-0.2, -0.15) is 0 Å². The lowest BCUT2D eigenvalue weighted by Gasteiger charge is -2.26. The van der Waals surface area contributed by atoms with Gasteiger partial charge in [-0.1, -0.05) is 230 Å². The molecule has 0 amide bonds. The first-order chi connectivity index (χ1) is 28.5. The zero-order chi connectivity index (χ0) is 41.5. The monoisotopic (exact) mass is 815 g/mol. The maximum atomic E-state index is 10.4. The molecule has 326 valence electrons. The van der Waals surface area contributed by atoms with Crippen molar-refractivity contribution in [3.05, 3.63) is 76.9 Å². The average molecular weight is 815 g/mol. The maximum absolute atomic E-state index is 10.4. The summed E-state index contributed by atoms with van der Waals surface area (Å²) in [6.45, 7) is 9.19. The van der Waals surface area contributed by atoms with Crippen LogP contribution in [-0.4, -0.2) is 9.79 Å². The predicted octanol–water partition coefficient (Wildman–Crippen LogP) is 17.8. The normalized spacial score (nSPS) is 11.6. The number of hydrogen-bond acceptors (Lipinski definition) is 3. The summed E-state index contributed by atoms with van der Waals surface area (Å²) in [5, 5.41) is 0. The Hall–Kier alpha value is -2.19. The standard InChI is InChI=1S/C54H87O3P/c1-5-9-13-17-21-25-30-37-46-40-36-44-50(48(46)41-33-26-22-18-14-10-6-2)54-51(43-35-28-24-20-16-12-8-4)49(42-34-27-23-19-15-11-7-3)53(57-58(55)56)45-52(54)47-38-31-29-32-39-47/h29,31-32,36,38-40,44-45,55-56H,5-28,30,33-35,37,41-43H2,1-4H3. The highest BCUT2D eigenvalue weighted by Gasteiger charge is 2.25. The molecule has 0 atom stereocenters. The van der Waals surface area contributed by atoms with Gasteiger partial charge in [-0.05, 0) is 102 Å². The third-order valence-corrected chi connectivity index (χ3v) is 12.8. The Morgan fingerprint density at radius 3 is 1.28 bits per heavy atom. The zero-order valence-electron chi connectivity index (χ0n) is 38.1. The average Bonchev–Trinajstić information content (AvgIpc) is 3.23. The minimum atomic E-state index is -2.55. The van der Waals surface area contributed by atoms with E-state index in [1.165, 1.54) is 200 Å². The number of rotatable bonds is 36. The number of benzene rings is 3. The SMILES string of the molecule is CCCCCCCCCc1cccc(-c2c(-c3ccccc3)cc(OP(O)O)c(CCCCCCCCC)c2CCCCCCCCC)c1CCCCCCCCC. The molecule has 0 saturated heterocycles. The summed E-state index contributed by atoms with van der Waals surface area (Å²) in [5.74, 6) is 0.676. The van der Waals surface area contributed by atoms with Gasteiger partial charge in [-0.15, -0.1) is 0 Å². The minimum Gasteiger partial charge on any atom is -0.427 e. The molecule has 0 fully saturated rings. The Kier molecular flexibility index (Phi) is 28.2. The molecule has 0 unspecified atom stereocenters. The van der Waals surface area contributed by atoms with Crippen LogP contribution >= 0.6 is 8.60 Å². The summed E-state index contributed by atoms with van der Waals surface area (Å²) in [5.41, 5.74) is 10.8. The van der Waals surface area contributed by atoms with Crippen molar-refractivity contribution in [2.24, 2.45) is 0 Å². The molecule has 0 aliphatic rings. The molecule has 0 aliphatic heterocycles. The fourth-order valence-electron chi connectivity index (χ4n) is 9.07. The second kappa shape index (κ2) is 32.6. The second-order valence-corrected chi connectivity index (χ2v) is 18.1. The van der Waals surface area contributed by atoms with E-state index in [1.54, 1.807) is 11.1 Å². The van der Waals surface area contributed by atoms with Crippen molar-refractivity contribution in [2.75, 3.05) is 0 Å². The molecule has 0 bridgehead atoms. The zero-order valence-corrected chi connectivity index (χ0v) is 39.0. The summed E-state index contributed by atoms with van der Waals surface area (Å²) < 4.78 is 6.07. The van der Waals surface area contributed by atoms with Gasteiger partial charge >= 0.3 is 8.60 Å². The topological polar surface area (TPSA) is 49.7 Å². The summed E-state index contributed by atoms with van der Waals surface area (Å²) >= 11 is 0. The van der Waals surface area contributed by atoms with Crippen molar-refractivity contribution in [1.82, 2.24) is 0 Å².